The monoisotopic (exact) mass is 279 g/mol. The van der Waals surface area contributed by atoms with Crippen molar-refractivity contribution in [2.24, 2.45) is 0 Å². The minimum Gasteiger partial charge on any atom is -0.310 e. The molecule has 3 rings (SSSR count). The molecule has 2 nitrogen and oxygen atoms in total. The van der Waals surface area contributed by atoms with E-state index in [2.05, 4.69) is 55.5 Å². The molecule has 2 aromatic rings. The van der Waals surface area contributed by atoms with Gasteiger partial charge in [-0.1, -0.05) is 48.5 Å². The smallest absolute Gasteiger partial charge is 0.224 e. The predicted molar refractivity (Wildman–Crippen MR) is 86.6 cm³/mol. The van der Waals surface area contributed by atoms with E-state index in [0.29, 0.717) is 5.92 Å². The highest BCUT2D eigenvalue weighted by Gasteiger charge is 2.31. The molecule has 1 aliphatic heterocycles. The first kappa shape index (κ1) is 13.9. The van der Waals surface area contributed by atoms with E-state index >= 15 is 0 Å². The van der Waals surface area contributed by atoms with E-state index < -0.39 is 0 Å². The number of amides is 1. The fraction of sp³-hybridized carbons (Fsp3) is 0.316. The Bertz CT molecular complexity index is 635. The third-order valence-electron chi connectivity index (χ3n) is 4.37. The van der Waals surface area contributed by atoms with Gasteiger partial charge in [0, 0.05) is 18.7 Å². The van der Waals surface area contributed by atoms with Crippen molar-refractivity contribution in [2.75, 3.05) is 4.90 Å². The zero-order chi connectivity index (χ0) is 14.8. The van der Waals surface area contributed by atoms with Crippen LogP contribution in [0.5, 0.6) is 0 Å². The lowest BCUT2D eigenvalue weighted by atomic mass is 9.82. The first-order chi connectivity index (χ1) is 10.2. The maximum Gasteiger partial charge on any atom is 0.224 e. The Kier molecular flexibility index (Phi) is 3.78. The number of hydrogen-bond donors (Lipinski definition) is 0. The van der Waals surface area contributed by atoms with Gasteiger partial charge in [-0.2, -0.15) is 0 Å². The molecule has 2 atom stereocenters. The van der Waals surface area contributed by atoms with Gasteiger partial charge in [-0.3, -0.25) is 4.79 Å². The van der Waals surface area contributed by atoms with Crippen molar-refractivity contribution in [2.45, 2.75) is 38.6 Å². The van der Waals surface area contributed by atoms with E-state index in [1.807, 2.05) is 11.0 Å². The van der Waals surface area contributed by atoms with E-state index in [-0.39, 0.29) is 11.9 Å². The molecule has 0 saturated heterocycles. The SMILES string of the molecule is CC(=O)N1c2ccccc2C(Cc2ccccc2)CC1C. The Morgan fingerprint density at radius 2 is 1.76 bits per heavy atom. The van der Waals surface area contributed by atoms with Gasteiger partial charge in [0.25, 0.3) is 0 Å². The highest BCUT2D eigenvalue weighted by molar-refractivity contribution is 5.93. The Labute approximate surface area is 126 Å². The standard InChI is InChI=1S/C19H21NO/c1-14-12-17(13-16-8-4-3-5-9-16)18-10-6-7-11-19(18)20(14)15(2)21/h3-11,14,17H,12-13H2,1-2H3. The van der Waals surface area contributed by atoms with Gasteiger partial charge in [0.15, 0.2) is 0 Å². The normalized spacial score (nSPS) is 21.0. The summed E-state index contributed by atoms with van der Waals surface area (Å²) in [6.45, 7) is 3.81. The summed E-state index contributed by atoms with van der Waals surface area (Å²) in [6.07, 6.45) is 2.05. The fourth-order valence-corrected chi connectivity index (χ4v) is 3.51. The molecule has 0 aliphatic carbocycles. The summed E-state index contributed by atoms with van der Waals surface area (Å²) >= 11 is 0. The van der Waals surface area contributed by atoms with E-state index in [0.717, 1.165) is 18.5 Å². The molecule has 1 amide bonds. The number of fused-ring (bicyclic) bond motifs is 1. The van der Waals surface area contributed by atoms with Gasteiger partial charge >= 0.3 is 0 Å². The minimum absolute atomic E-state index is 0.133. The van der Waals surface area contributed by atoms with Gasteiger partial charge in [0.05, 0.1) is 0 Å². The van der Waals surface area contributed by atoms with Gasteiger partial charge in [0.2, 0.25) is 5.91 Å². The molecule has 108 valence electrons. The lowest BCUT2D eigenvalue weighted by Gasteiger charge is -2.39. The molecule has 0 saturated carbocycles. The number of benzene rings is 2. The summed E-state index contributed by atoms with van der Waals surface area (Å²) in [5.41, 5.74) is 3.75. The number of para-hydroxylation sites is 1. The van der Waals surface area contributed by atoms with Crippen LogP contribution < -0.4 is 4.90 Å². The molecule has 21 heavy (non-hydrogen) atoms. The number of carbonyl (C=O) groups is 1. The molecule has 0 aromatic heterocycles. The summed E-state index contributed by atoms with van der Waals surface area (Å²) in [6, 6.07) is 19.2. The molecule has 2 aromatic carbocycles. The predicted octanol–water partition coefficient (Wildman–Crippen LogP) is 4.16. The van der Waals surface area contributed by atoms with E-state index in [1.165, 1.54) is 11.1 Å². The molecule has 0 bridgehead atoms. The summed E-state index contributed by atoms with van der Waals surface area (Å²) in [5.74, 6) is 0.613. The van der Waals surface area contributed by atoms with Gasteiger partial charge in [-0.25, -0.2) is 0 Å². The summed E-state index contributed by atoms with van der Waals surface area (Å²) in [5, 5.41) is 0. The van der Waals surface area contributed by atoms with Crippen LogP contribution in [0.2, 0.25) is 0 Å². The van der Waals surface area contributed by atoms with Crippen LogP contribution in [0.3, 0.4) is 0 Å². The third kappa shape index (κ3) is 2.71. The lowest BCUT2D eigenvalue weighted by molar-refractivity contribution is -0.117. The topological polar surface area (TPSA) is 20.3 Å². The maximum absolute atomic E-state index is 12.0. The second-order valence-corrected chi connectivity index (χ2v) is 5.92. The van der Waals surface area contributed by atoms with Crippen molar-refractivity contribution >= 4 is 11.6 Å². The minimum atomic E-state index is 0.133. The van der Waals surface area contributed by atoms with Crippen molar-refractivity contribution in [3.05, 3.63) is 65.7 Å². The van der Waals surface area contributed by atoms with Gasteiger partial charge in [-0.05, 0) is 42.9 Å². The van der Waals surface area contributed by atoms with Crippen LogP contribution in [-0.4, -0.2) is 11.9 Å². The Morgan fingerprint density at radius 3 is 2.48 bits per heavy atom. The van der Waals surface area contributed by atoms with Crippen molar-refractivity contribution in [3.63, 3.8) is 0 Å². The molecule has 0 spiro atoms. The summed E-state index contributed by atoms with van der Waals surface area (Å²) in [4.78, 5) is 13.9. The molecule has 0 radical (unpaired) electrons. The number of anilines is 1. The second-order valence-electron chi connectivity index (χ2n) is 5.92. The Hall–Kier alpha value is -2.09. The quantitative estimate of drug-likeness (QED) is 0.808. The highest BCUT2D eigenvalue weighted by Crippen LogP contribution is 2.40. The van der Waals surface area contributed by atoms with Crippen LogP contribution >= 0.6 is 0 Å². The molecule has 2 heteroatoms. The fourth-order valence-electron chi connectivity index (χ4n) is 3.51. The van der Waals surface area contributed by atoms with E-state index in [1.54, 1.807) is 6.92 Å². The Balaban J connectivity index is 1.96. The second kappa shape index (κ2) is 5.72. The van der Waals surface area contributed by atoms with Crippen LogP contribution in [0, 0.1) is 0 Å². The Morgan fingerprint density at radius 1 is 1.10 bits per heavy atom. The average molecular weight is 279 g/mol. The first-order valence-corrected chi connectivity index (χ1v) is 7.59. The zero-order valence-electron chi connectivity index (χ0n) is 12.6. The molecular weight excluding hydrogens is 258 g/mol. The maximum atomic E-state index is 12.0. The van der Waals surface area contributed by atoms with E-state index in [4.69, 9.17) is 0 Å². The van der Waals surface area contributed by atoms with Crippen LogP contribution in [0.25, 0.3) is 0 Å². The molecular formula is C19H21NO. The van der Waals surface area contributed by atoms with Crippen molar-refractivity contribution in [1.29, 1.82) is 0 Å². The van der Waals surface area contributed by atoms with Crippen LogP contribution in [-0.2, 0) is 11.2 Å². The molecule has 0 fully saturated rings. The number of rotatable bonds is 2. The third-order valence-corrected chi connectivity index (χ3v) is 4.37. The van der Waals surface area contributed by atoms with Gasteiger partial charge in [-0.15, -0.1) is 0 Å². The average Bonchev–Trinajstić information content (AvgIpc) is 2.48. The summed E-state index contributed by atoms with van der Waals surface area (Å²) in [7, 11) is 0. The first-order valence-electron chi connectivity index (χ1n) is 7.59. The van der Waals surface area contributed by atoms with Gasteiger partial charge in [0.1, 0.15) is 0 Å². The van der Waals surface area contributed by atoms with Crippen molar-refractivity contribution in [1.82, 2.24) is 0 Å². The molecule has 0 N–H and O–H groups in total. The number of carbonyl (C=O) groups excluding carboxylic acids is 1. The summed E-state index contributed by atoms with van der Waals surface area (Å²) < 4.78 is 0. The molecule has 2 unspecified atom stereocenters. The number of hydrogen-bond acceptors (Lipinski definition) is 1. The number of nitrogens with zero attached hydrogens (tertiary/aromatic N) is 1. The lowest BCUT2D eigenvalue weighted by Crippen LogP contribution is -2.42. The van der Waals surface area contributed by atoms with Crippen molar-refractivity contribution in [3.8, 4) is 0 Å². The van der Waals surface area contributed by atoms with Gasteiger partial charge < -0.3 is 4.90 Å². The highest BCUT2D eigenvalue weighted by atomic mass is 16.2. The largest absolute Gasteiger partial charge is 0.310 e. The van der Waals surface area contributed by atoms with Crippen LogP contribution in [0.15, 0.2) is 54.6 Å². The van der Waals surface area contributed by atoms with E-state index in [9.17, 15) is 4.79 Å². The van der Waals surface area contributed by atoms with Crippen LogP contribution in [0.4, 0.5) is 5.69 Å². The van der Waals surface area contributed by atoms with Crippen molar-refractivity contribution < 1.29 is 4.79 Å². The molecule has 1 heterocycles. The molecule has 1 aliphatic rings. The zero-order valence-corrected chi connectivity index (χ0v) is 12.6. The van der Waals surface area contributed by atoms with Crippen LogP contribution in [0.1, 0.15) is 37.3 Å².